The van der Waals surface area contributed by atoms with Gasteiger partial charge in [-0.25, -0.2) is 4.98 Å². The van der Waals surface area contributed by atoms with Crippen molar-refractivity contribution in [3.8, 4) is 0 Å². The highest BCUT2D eigenvalue weighted by Crippen LogP contribution is 2.26. The largest absolute Gasteiger partial charge is 0.356 e. The maximum Gasteiger partial charge on any atom is 0.229 e. The molecular formula is C19H26N4. The average Bonchev–Trinajstić information content (AvgIpc) is 2.85. The number of nitrogens with zero attached hydrogens (tertiary/aromatic N) is 3. The molecular weight excluding hydrogens is 284 g/mol. The Labute approximate surface area is 139 Å². The van der Waals surface area contributed by atoms with Crippen LogP contribution < -0.4 is 10.2 Å². The molecule has 1 aliphatic rings. The summed E-state index contributed by atoms with van der Waals surface area (Å²) in [4.78, 5) is 11.5. The van der Waals surface area contributed by atoms with Crippen LogP contribution in [0.1, 0.15) is 51.0 Å². The molecule has 0 saturated carbocycles. The van der Waals surface area contributed by atoms with E-state index in [0.717, 1.165) is 24.6 Å². The molecule has 0 unspecified atom stereocenters. The molecule has 2 aromatic rings. The van der Waals surface area contributed by atoms with Crippen LogP contribution in [0.15, 0.2) is 36.5 Å². The Morgan fingerprint density at radius 1 is 1.00 bits per heavy atom. The van der Waals surface area contributed by atoms with Crippen molar-refractivity contribution in [3.63, 3.8) is 0 Å². The normalized spacial score (nSPS) is 15.5. The van der Waals surface area contributed by atoms with Gasteiger partial charge in [0.05, 0.1) is 0 Å². The van der Waals surface area contributed by atoms with E-state index in [1.54, 1.807) is 0 Å². The molecule has 23 heavy (non-hydrogen) atoms. The van der Waals surface area contributed by atoms with Gasteiger partial charge in [-0.15, -0.1) is 0 Å². The number of hydrogen-bond acceptors (Lipinski definition) is 4. The molecule has 0 radical (unpaired) electrons. The lowest BCUT2D eigenvalue weighted by atomic mass is 10.0. The van der Waals surface area contributed by atoms with Gasteiger partial charge in [0, 0.05) is 25.0 Å². The van der Waals surface area contributed by atoms with E-state index in [4.69, 9.17) is 4.98 Å². The molecule has 4 heteroatoms. The monoisotopic (exact) mass is 310 g/mol. The van der Waals surface area contributed by atoms with Crippen LogP contribution in [-0.4, -0.2) is 23.1 Å². The van der Waals surface area contributed by atoms with Crippen molar-refractivity contribution in [1.82, 2.24) is 9.97 Å². The Balaban J connectivity index is 1.80. The highest BCUT2D eigenvalue weighted by atomic mass is 15.2. The van der Waals surface area contributed by atoms with Crippen molar-refractivity contribution in [1.29, 1.82) is 0 Å². The number of para-hydroxylation sites is 1. The summed E-state index contributed by atoms with van der Waals surface area (Å²) >= 11 is 0. The zero-order valence-electron chi connectivity index (χ0n) is 14.1. The molecule has 0 aliphatic carbocycles. The third-order valence-electron chi connectivity index (χ3n) is 4.40. The Hall–Kier alpha value is -2.10. The summed E-state index contributed by atoms with van der Waals surface area (Å²) < 4.78 is 0. The van der Waals surface area contributed by atoms with Crippen molar-refractivity contribution in [2.45, 2.75) is 45.4 Å². The summed E-state index contributed by atoms with van der Waals surface area (Å²) in [5.41, 5.74) is 2.38. The predicted molar refractivity (Wildman–Crippen MR) is 96.5 cm³/mol. The molecule has 4 nitrogen and oxygen atoms in total. The van der Waals surface area contributed by atoms with Gasteiger partial charge in [0.15, 0.2) is 0 Å². The summed E-state index contributed by atoms with van der Waals surface area (Å²) in [6, 6.07) is 10.4. The molecule has 1 saturated heterocycles. The van der Waals surface area contributed by atoms with Gasteiger partial charge < -0.3 is 10.2 Å². The maximum absolute atomic E-state index is 4.74. The fourth-order valence-corrected chi connectivity index (χ4v) is 3.12. The summed E-state index contributed by atoms with van der Waals surface area (Å²) in [6.07, 6.45) is 7.02. The molecule has 2 heterocycles. The molecule has 0 atom stereocenters. The second kappa shape index (κ2) is 7.44. The quantitative estimate of drug-likeness (QED) is 0.887. The predicted octanol–water partition coefficient (Wildman–Crippen LogP) is 4.72. The zero-order chi connectivity index (χ0) is 16.1. The first kappa shape index (κ1) is 15.8. The average molecular weight is 310 g/mol. The molecule has 1 aromatic heterocycles. The van der Waals surface area contributed by atoms with Gasteiger partial charge in [-0.2, -0.15) is 4.98 Å². The Morgan fingerprint density at radius 2 is 1.74 bits per heavy atom. The number of aromatic nitrogens is 2. The molecule has 3 rings (SSSR count). The fourth-order valence-electron chi connectivity index (χ4n) is 3.12. The Morgan fingerprint density at radius 3 is 2.48 bits per heavy atom. The second-order valence-corrected chi connectivity index (χ2v) is 6.51. The minimum Gasteiger partial charge on any atom is -0.356 e. The van der Waals surface area contributed by atoms with Crippen LogP contribution in [0.3, 0.4) is 0 Å². The van der Waals surface area contributed by atoms with Crippen LogP contribution >= 0.6 is 0 Å². The molecule has 1 aliphatic heterocycles. The Kier molecular flexibility index (Phi) is 5.11. The standard InChI is InChI=1S/C19H26N4/c1-15(2)16-9-5-6-10-17(16)21-19-20-12-11-18(22-19)23-13-7-3-4-8-14-23/h5-6,9-12,15H,3-4,7-8,13-14H2,1-2H3,(H,20,21,22). The minimum atomic E-state index is 0.465. The van der Waals surface area contributed by atoms with E-state index in [9.17, 15) is 0 Å². The molecule has 0 bridgehead atoms. The van der Waals surface area contributed by atoms with Gasteiger partial charge in [0.2, 0.25) is 5.95 Å². The second-order valence-electron chi connectivity index (χ2n) is 6.51. The highest BCUT2D eigenvalue weighted by Gasteiger charge is 2.13. The van der Waals surface area contributed by atoms with E-state index >= 15 is 0 Å². The minimum absolute atomic E-state index is 0.465. The molecule has 1 N–H and O–H groups in total. The summed E-state index contributed by atoms with van der Waals surface area (Å²) in [7, 11) is 0. The summed E-state index contributed by atoms with van der Waals surface area (Å²) in [6.45, 7) is 6.60. The smallest absolute Gasteiger partial charge is 0.229 e. The van der Waals surface area contributed by atoms with Crippen LogP contribution in [0, 0.1) is 0 Å². The maximum atomic E-state index is 4.74. The van der Waals surface area contributed by atoms with Gasteiger partial charge >= 0.3 is 0 Å². The van der Waals surface area contributed by atoms with Gasteiger partial charge in [-0.05, 0) is 36.5 Å². The van der Waals surface area contributed by atoms with Crippen molar-refractivity contribution in [2.24, 2.45) is 0 Å². The first-order chi connectivity index (χ1) is 11.2. The SMILES string of the molecule is CC(C)c1ccccc1Nc1nccc(N2CCCCCC2)n1. The van der Waals surface area contributed by atoms with Crippen molar-refractivity contribution in [3.05, 3.63) is 42.1 Å². The fraction of sp³-hybridized carbons (Fsp3) is 0.474. The summed E-state index contributed by atoms with van der Waals surface area (Å²) in [5, 5.41) is 3.40. The first-order valence-electron chi connectivity index (χ1n) is 8.68. The number of anilines is 3. The van der Waals surface area contributed by atoms with Crippen molar-refractivity contribution >= 4 is 17.5 Å². The first-order valence-corrected chi connectivity index (χ1v) is 8.68. The van der Waals surface area contributed by atoms with Gasteiger partial charge in [-0.3, -0.25) is 0 Å². The van der Waals surface area contributed by atoms with E-state index in [2.05, 4.69) is 47.2 Å². The highest BCUT2D eigenvalue weighted by molar-refractivity contribution is 5.60. The number of rotatable bonds is 4. The molecule has 1 fully saturated rings. The van der Waals surface area contributed by atoms with Gasteiger partial charge in [0.1, 0.15) is 5.82 Å². The lowest BCUT2D eigenvalue weighted by molar-refractivity contribution is 0.726. The molecule has 1 aromatic carbocycles. The molecule has 122 valence electrons. The zero-order valence-corrected chi connectivity index (χ0v) is 14.1. The third-order valence-corrected chi connectivity index (χ3v) is 4.40. The lowest BCUT2D eigenvalue weighted by Crippen LogP contribution is -2.25. The number of nitrogens with one attached hydrogen (secondary N) is 1. The van der Waals surface area contributed by atoms with Crippen LogP contribution in [0.25, 0.3) is 0 Å². The topological polar surface area (TPSA) is 41.1 Å². The van der Waals surface area contributed by atoms with Gasteiger partial charge in [0.25, 0.3) is 0 Å². The van der Waals surface area contributed by atoms with E-state index in [1.807, 2.05) is 18.3 Å². The van der Waals surface area contributed by atoms with E-state index in [1.165, 1.54) is 31.2 Å². The van der Waals surface area contributed by atoms with Crippen LogP contribution in [0.2, 0.25) is 0 Å². The van der Waals surface area contributed by atoms with E-state index in [0.29, 0.717) is 11.9 Å². The van der Waals surface area contributed by atoms with Crippen LogP contribution in [0.4, 0.5) is 17.5 Å². The molecule has 0 spiro atoms. The Bertz CT molecular complexity index is 631. The van der Waals surface area contributed by atoms with Crippen LogP contribution in [0.5, 0.6) is 0 Å². The number of hydrogen-bond donors (Lipinski definition) is 1. The van der Waals surface area contributed by atoms with E-state index in [-0.39, 0.29) is 0 Å². The van der Waals surface area contributed by atoms with Crippen molar-refractivity contribution < 1.29 is 0 Å². The summed E-state index contributed by atoms with van der Waals surface area (Å²) in [5.74, 6) is 2.18. The van der Waals surface area contributed by atoms with Crippen molar-refractivity contribution in [2.75, 3.05) is 23.3 Å². The number of benzene rings is 1. The lowest BCUT2D eigenvalue weighted by Gasteiger charge is -2.22. The van der Waals surface area contributed by atoms with Gasteiger partial charge in [-0.1, -0.05) is 44.9 Å². The van der Waals surface area contributed by atoms with Crippen LogP contribution in [-0.2, 0) is 0 Å². The molecule has 0 amide bonds. The third kappa shape index (κ3) is 4.01. The van der Waals surface area contributed by atoms with E-state index < -0.39 is 0 Å².